The molecule has 7 nitrogen and oxygen atoms in total. The molecule has 0 N–H and O–H groups in total. The number of piperidine rings is 1. The number of ether oxygens (including phenoxy) is 2. The Morgan fingerprint density at radius 3 is 2.36 bits per heavy atom. The summed E-state index contributed by atoms with van der Waals surface area (Å²) in [7, 11) is 1.42. The van der Waals surface area contributed by atoms with E-state index in [9.17, 15) is 14.4 Å². The van der Waals surface area contributed by atoms with Crippen molar-refractivity contribution in [3.63, 3.8) is 0 Å². The third kappa shape index (κ3) is 5.20. The minimum atomic E-state index is -0.641. The number of carbonyl (C=O) groups excluding carboxylic acids is 3. The maximum absolute atomic E-state index is 12.3. The Morgan fingerprint density at radius 1 is 1.12 bits per heavy atom. The van der Waals surface area contributed by atoms with Crippen LogP contribution in [0.25, 0.3) is 0 Å². The van der Waals surface area contributed by atoms with Crippen LogP contribution < -0.4 is 0 Å². The van der Waals surface area contributed by atoms with Crippen molar-refractivity contribution in [3.8, 4) is 0 Å². The first-order chi connectivity index (χ1) is 12.0. The van der Waals surface area contributed by atoms with Gasteiger partial charge in [0.05, 0.1) is 6.61 Å². The van der Waals surface area contributed by atoms with Crippen molar-refractivity contribution in [2.24, 2.45) is 5.92 Å². The molecule has 0 atom stereocenters. The van der Waals surface area contributed by atoms with E-state index >= 15 is 0 Å². The smallest absolute Gasteiger partial charge is 0.416 e. The highest BCUT2D eigenvalue weighted by Gasteiger charge is 2.32. The monoisotopic (exact) mass is 348 g/mol. The molecule has 0 aliphatic carbocycles. The molecule has 1 aliphatic heterocycles. The topological polar surface area (TPSA) is 76.2 Å². The Labute approximate surface area is 147 Å². The highest BCUT2D eigenvalue weighted by molar-refractivity contribution is 5.93. The summed E-state index contributed by atoms with van der Waals surface area (Å²) in [5, 5.41) is 0. The van der Waals surface area contributed by atoms with Gasteiger partial charge in [0.1, 0.15) is 6.61 Å². The van der Waals surface area contributed by atoms with Gasteiger partial charge in [-0.3, -0.25) is 9.69 Å². The van der Waals surface area contributed by atoms with Crippen LogP contribution in [0.1, 0.15) is 25.3 Å². The highest BCUT2D eigenvalue weighted by Crippen LogP contribution is 2.20. The van der Waals surface area contributed by atoms with Gasteiger partial charge < -0.3 is 14.4 Å². The molecule has 1 aliphatic rings. The van der Waals surface area contributed by atoms with E-state index in [4.69, 9.17) is 9.47 Å². The summed E-state index contributed by atoms with van der Waals surface area (Å²) in [4.78, 5) is 38.6. The van der Waals surface area contributed by atoms with Gasteiger partial charge in [-0.2, -0.15) is 0 Å². The number of carbonyl (C=O) groups is 3. The Hall–Kier alpha value is -2.57. The summed E-state index contributed by atoms with van der Waals surface area (Å²) in [6.07, 6.45) is -0.0165. The Morgan fingerprint density at radius 2 is 1.76 bits per heavy atom. The minimum Gasteiger partial charge on any atom is -0.449 e. The Bertz CT molecular complexity index is 597. The molecule has 25 heavy (non-hydrogen) atoms. The number of benzene rings is 1. The molecule has 1 aromatic rings. The van der Waals surface area contributed by atoms with Crippen LogP contribution in [0.5, 0.6) is 0 Å². The molecular formula is C18H24N2O5. The molecule has 1 aromatic carbocycles. The normalized spacial score (nSPS) is 14.7. The van der Waals surface area contributed by atoms with Gasteiger partial charge in [0.2, 0.25) is 5.91 Å². The average molecular weight is 348 g/mol. The summed E-state index contributed by atoms with van der Waals surface area (Å²) >= 11 is 0. The van der Waals surface area contributed by atoms with Crippen LogP contribution in [0.3, 0.4) is 0 Å². The SMILES string of the molecule is CCOC(=O)N(C)C(=O)C1CCN(C(=O)OCc2ccccc2)CC1. The van der Waals surface area contributed by atoms with E-state index in [1.165, 1.54) is 7.05 Å². The lowest BCUT2D eigenvalue weighted by molar-refractivity contribution is -0.134. The summed E-state index contributed by atoms with van der Waals surface area (Å²) in [6, 6.07) is 9.47. The summed E-state index contributed by atoms with van der Waals surface area (Å²) in [6.45, 7) is 3.00. The number of nitrogens with zero attached hydrogens (tertiary/aromatic N) is 2. The molecule has 0 aromatic heterocycles. The predicted molar refractivity (Wildman–Crippen MR) is 90.7 cm³/mol. The predicted octanol–water partition coefficient (Wildman–Crippen LogP) is 2.65. The maximum Gasteiger partial charge on any atom is 0.416 e. The van der Waals surface area contributed by atoms with Crippen LogP contribution >= 0.6 is 0 Å². The van der Waals surface area contributed by atoms with E-state index in [2.05, 4.69) is 0 Å². The van der Waals surface area contributed by atoms with Crippen molar-refractivity contribution >= 4 is 18.1 Å². The van der Waals surface area contributed by atoms with Crippen LogP contribution in [-0.4, -0.2) is 54.6 Å². The zero-order chi connectivity index (χ0) is 18.2. The fraction of sp³-hybridized carbons (Fsp3) is 0.500. The summed E-state index contributed by atoms with van der Waals surface area (Å²) in [5.41, 5.74) is 0.928. The highest BCUT2D eigenvalue weighted by atomic mass is 16.6. The summed E-state index contributed by atoms with van der Waals surface area (Å²) in [5.74, 6) is -0.552. The molecule has 1 heterocycles. The minimum absolute atomic E-state index is 0.224. The van der Waals surface area contributed by atoms with Crippen LogP contribution in [0.15, 0.2) is 30.3 Å². The number of hydrogen-bond donors (Lipinski definition) is 0. The lowest BCUT2D eigenvalue weighted by Crippen LogP contribution is -2.45. The average Bonchev–Trinajstić information content (AvgIpc) is 2.66. The molecule has 1 fully saturated rings. The van der Waals surface area contributed by atoms with Crippen LogP contribution in [0.2, 0.25) is 0 Å². The number of likely N-dealkylation sites (tertiary alicyclic amines) is 1. The second kappa shape index (κ2) is 9.05. The van der Waals surface area contributed by atoms with E-state index in [1.54, 1.807) is 11.8 Å². The number of rotatable bonds is 4. The van der Waals surface area contributed by atoms with Gasteiger partial charge >= 0.3 is 12.2 Å². The van der Waals surface area contributed by atoms with Crippen LogP contribution in [0, 0.1) is 5.92 Å². The molecule has 7 heteroatoms. The van der Waals surface area contributed by atoms with Gasteiger partial charge in [0.15, 0.2) is 0 Å². The van der Waals surface area contributed by atoms with Crippen molar-refractivity contribution in [1.29, 1.82) is 0 Å². The molecule has 2 rings (SSSR count). The van der Waals surface area contributed by atoms with E-state index in [0.29, 0.717) is 25.9 Å². The molecule has 0 saturated carbocycles. The molecular weight excluding hydrogens is 324 g/mol. The van der Waals surface area contributed by atoms with Crippen LogP contribution in [0.4, 0.5) is 9.59 Å². The van der Waals surface area contributed by atoms with E-state index in [1.807, 2.05) is 30.3 Å². The van der Waals surface area contributed by atoms with Crippen molar-refractivity contribution in [2.45, 2.75) is 26.4 Å². The van der Waals surface area contributed by atoms with Crippen molar-refractivity contribution < 1.29 is 23.9 Å². The van der Waals surface area contributed by atoms with Gasteiger partial charge in [-0.15, -0.1) is 0 Å². The van der Waals surface area contributed by atoms with E-state index in [-0.39, 0.29) is 31.1 Å². The Kier molecular flexibility index (Phi) is 6.80. The molecule has 0 bridgehead atoms. The maximum atomic E-state index is 12.3. The molecule has 0 spiro atoms. The second-order valence-corrected chi connectivity index (χ2v) is 5.90. The standard InChI is InChI=1S/C18H24N2O5/c1-3-24-17(22)19(2)16(21)15-9-11-20(12-10-15)18(23)25-13-14-7-5-4-6-8-14/h4-8,15H,3,9-13H2,1-2H3. The molecule has 0 unspecified atom stereocenters. The third-order valence-electron chi connectivity index (χ3n) is 4.18. The molecule has 1 saturated heterocycles. The van der Waals surface area contributed by atoms with Crippen molar-refractivity contribution in [2.75, 3.05) is 26.7 Å². The van der Waals surface area contributed by atoms with Gasteiger partial charge in [-0.1, -0.05) is 30.3 Å². The fourth-order valence-corrected chi connectivity index (χ4v) is 2.70. The largest absolute Gasteiger partial charge is 0.449 e. The van der Waals surface area contributed by atoms with Gasteiger partial charge in [0.25, 0.3) is 0 Å². The first kappa shape index (κ1) is 18.8. The molecule has 3 amide bonds. The zero-order valence-corrected chi connectivity index (χ0v) is 14.6. The lowest BCUT2D eigenvalue weighted by Gasteiger charge is -2.31. The lowest BCUT2D eigenvalue weighted by atomic mass is 9.96. The quantitative estimate of drug-likeness (QED) is 0.836. The van der Waals surface area contributed by atoms with Crippen molar-refractivity contribution in [1.82, 2.24) is 9.80 Å². The number of amides is 3. The number of imide groups is 1. The van der Waals surface area contributed by atoms with Gasteiger partial charge in [0, 0.05) is 26.1 Å². The molecule has 0 radical (unpaired) electrons. The van der Waals surface area contributed by atoms with Gasteiger partial charge in [-0.05, 0) is 25.3 Å². The summed E-state index contributed by atoms with van der Waals surface area (Å²) < 4.78 is 10.1. The number of hydrogen-bond acceptors (Lipinski definition) is 5. The van der Waals surface area contributed by atoms with Crippen LogP contribution in [-0.2, 0) is 20.9 Å². The molecule has 136 valence electrons. The first-order valence-electron chi connectivity index (χ1n) is 8.42. The van der Waals surface area contributed by atoms with Gasteiger partial charge in [-0.25, -0.2) is 9.59 Å². The van der Waals surface area contributed by atoms with E-state index < -0.39 is 6.09 Å². The fourth-order valence-electron chi connectivity index (χ4n) is 2.70. The third-order valence-corrected chi connectivity index (χ3v) is 4.18. The second-order valence-electron chi connectivity index (χ2n) is 5.90. The first-order valence-corrected chi connectivity index (χ1v) is 8.42. The van der Waals surface area contributed by atoms with E-state index in [0.717, 1.165) is 10.5 Å². The Balaban J connectivity index is 1.77. The zero-order valence-electron chi connectivity index (χ0n) is 14.6. The van der Waals surface area contributed by atoms with Crippen molar-refractivity contribution in [3.05, 3.63) is 35.9 Å².